The first-order chi connectivity index (χ1) is 11.8. The van der Waals surface area contributed by atoms with E-state index in [-0.39, 0.29) is 29.2 Å². The van der Waals surface area contributed by atoms with E-state index in [0.717, 1.165) is 12.1 Å². The van der Waals surface area contributed by atoms with Crippen molar-refractivity contribution in [3.63, 3.8) is 0 Å². The zero-order valence-electron chi connectivity index (χ0n) is 13.1. The molecular formula is C17H14O8. The Hall–Kier alpha value is -3.39. The Balaban J connectivity index is 2.38. The summed E-state index contributed by atoms with van der Waals surface area (Å²) in [7, 11) is 1.42. The maximum Gasteiger partial charge on any atom is 0.336 e. The molecule has 0 heterocycles. The van der Waals surface area contributed by atoms with E-state index < -0.39 is 23.5 Å². The van der Waals surface area contributed by atoms with Gasteiger partial charge in [0.2, 0.25) is 0 Å². The van der Waals surface area contributed by atoms with E-state index in [2.05, 4.69) is 0 Å². The van der Waals surface area contributed by atoms with E-state index in [4.69, 9.17) is 24.8 Å². The van der Waals surface area contributed by atoms with Crippen LogP contribution < -0.4 is 4.74 Å². The summed E-state index contributed by atoms with van der Waals surface area (Å²) in [6.07, 6.45) is 0. The lowest BCUT2D eigenvalue weighted by Crippen LogP contribution is -2.08. The zero-order chi connectivity index (χ0) is 18.6. The summed E-state index contributed by atoms with van der Waals surface area (Å²) in [5.74, 6) is -3.51. The smallest absolute Gasteiger partial charge is 0.336 e. The van der Waals surface area contributed by atoms with Gasteiger partial charge in [-0.3, -0.25) is 0 Å². The number of aromatic carboxylic acids is 3. The normalized spacial score (nSPS) is 10.3. The summed E-state index contributed by atoms with van der Waals surface area (Å²) < 4.78 is 10.5. The number of ether oxygens (including phenoxy) is 2. The summed E-state index contributed by atoms with van der Waals surface area (Å²) in [6, 6.07) is 7.75. The molecule has 0 radical (unpaired) electrons. The predicted octanol–water partition coefficient (Wildman–Crippen LogP) is 2.72. The first-order valence-corrected chi connectivity index (χ1v) is 6.97. The third kappa shape index (κ3) is 4.12. The Kier molecular flexibility index (Phi) is 5.35. The summed E-state index contributed by atoms with van der Waals surface area (Å²) in [4.78, 5) is 33.4. The van der Waals surface area contributed by atoms with Gasteiger partial charge < -0.3 is 24.8 Å². The van der Waals surface area contributed by atoms with Crippen molar-refractivity contribution in [2.45, 2.75) is 6.61 Å². The molecule has 0 aromatic heterocycles. The Labute approximate surface area is 141 Å². The zero-order valence-corrected chi connectivity index (χ0v) is 13.1. The molecule has 0 atom stereocenters. The molecule has 3 N–H and O–H groups in total. The van der Waals surface area contributed by atoms with E-state index in [1.165, 1.54) is 31.4 Å². The highest BCUT2D eigenvalue weighted by Crippen LogP contribution is 2.27. The fourth-order valence-electron chi connectivity index (χ4n) is 2.20. The Morgan fingerprint density at radius 2 is 1.32 bits per heavy atom. The largest absolute Gasteiger partial charge is 0.478 e. The number of carbonyl (C=O) groups is 3. The number of hydrogen-bond donors (Lipinski definition) is 3. The number of benzene rings is 2. The first kappa shape index (κ1) is 18.0. The number of rotatable bonds is 7. The van der Waals surface area contributed by atoms with Gasteiger partial charge in [-0.05, 0) is 42.0 Å². The minimum Gasteiger partial charge on any atom is -0.478 e. The van der Waals surface area contributed by atoms with Gasteiger partial charge in [0.15, 0.2) is 0 Å². The molecule has 25 heavy (non-hydrogen) atoms. The maximum absolute atomic E-state index is 11.2. The molecule has 0 saturated heterocycles. The lowest BCUT2D eigenvalue weighted by molar-refractivity contribution is 0.0651. The molecular weight excluding hydrogens is 332 g/mol. The van der Waals surface area contributed by atoms with Crippen molar-refractivity contribution in [2.75, 3.05) is 7.11 Å². The average molecular weight is 346 g/mol. The van der Waals surface area contributed by atoms with Crippen LogP contribution in [0.4, 0.5) is 0 Å². The van der Waals surface area contributed by atoms with E-state index in [9.17, 15) is 14.4 Å². The second-order valence-corrected chi connectivity index (χ2v) is 4.98. The van der Waals surface area contributed by atoms with Crippen LogP contribution in [0.2, 0.25) is 0 Å². The monoisotopic (exact) mass is 346 g/mol. The molecule has 2 rings (SSSR count). The van der Waals surface area contributed by atoms with Crippen molar-refractivity contribution in [1.29, 1.82) is 0 Å². The molecule has 2 aromatic rings. The topological polar surface area (TPSA) is 130 Å². The van der Waals surface area contributed by atoms with Crippen molar-refractivity contribution in [3.05, 3.63) is 58.7 Å². The molecule has 0 saturated carbocycles. The van der Waals surface area contributed by atoms with Crippen LogP contribution >= 0.6 is 0 Å². The van der Waals surface area contributed by atoms with Gasteiger partial charge in [-0.25, -0.2) is 14.4 Å². The second kappa shape index (κ2) is 7.45. The molecule has 130 valence electrons. The maximum atomic E-state index is 11.2. The third-order valence-electron chi connectivity index (χ3n) is 3.29. The van der Waals surface area contributed by atoms with E-state index >= 15 is 0 Å². The van der Waals surface area contributed by atoms with Crippen molar-refractivity contribution in [1.82, 2.24) is 0 Å². The highest BCUT2D eigenvalue weighted by molar-refractivity contribution is 6.02. The van der Waals surface area contributed by atoms with Crippen molar-refractivity contribution in [2.24, 2.45) is 0 Å². The average Bonchev–Trinajstić information content (AvgIpc) is 2.54. The van der Waals surface area contributed by atoms with Gasteiger partial charge in [0.25, 0.3) is 0 Å². The third-order valence-corrected chi connectivity index (χ3v) is 3.29. The molecule has 8 nitrogen and oxygen atoms in total. The van der Waals surface area contributed by atoms with Crippen molar-refractivity contribution >= 4 is 17.9 Å². The Morgan fingerprint density at radius 1 is 0.800 bits per heavy atom. The minimum atomic E-state index is -1.40. The lowest BCUT2D eigenvalue weighted by Gasteiger charge is -2.11. The number of carboxylic acids is 3. The van der Waals surface area contributed by atoms with E-state index in [1.54, 1.807) is 0 Å². The fraction of sp³-hybridized carbons (Fsp3) is 0.118. The lowest BCUT2D eigenvalue weighted by atomic mass is 10.1. The molecule has 0 fully saturated rings. The van der Waals surface area contributed by atoms with E-state index in [1.807, 2.05) is 0 Å². The van der Waals surface area contributed by atoms with Gasteiger partial charge in [0.05, 0.1) is 23.3 Å². The number of hydrogen-bond acceptors (Lipinski definition) is 5. The van der Waals surface area contributed by atoms with Crippen LogP contribution in [0.15, 0.2) is 36.4 Å². The molecule has 0 amide bonds. The van der Waals surface area contributed by atoms with Crippen molar-refractivity contribution in [3.8, 4) is 11.5 Å². The minimum absolute atomic E-state index is 0.0527. The molecule has 0 spiro atoms. The van der Waals surface area contributed by atoms with Gasteiger partial charge in [0, 0.05) is 7.11 Å². The molecule has 0 aliphatic heterocycles. The van der Waals surface area contributed by atoms with Crippen LogP contribution in [0.3, 0.4) is 0 Å². The predicted molar refractivity (Wildman–Crippen MR) is 84.5 cm³/mol. The molecule has 8 heteroatoms. The quantitative estimate of drug-likeness (QED) is 0.697. The number of carboxylic acid groups (broad SMARTS) is 3. The van der Waals surface area contributed by atoms with Crippen LogP contribution in [-0.2, 0) is 11.3 Å². The van der Waals surface area contributed by atoms with Crippen LogP contribution in [0.1, 0.15) is 36.6 Å². The van der Waals surface area contributed by atoms with E-state index in [0.29, 0.717) is 5.56 Å². The molecule has 2 aromatic carbocycles. The van der Waals surface area contributed by atoms with Crippen LogP contribution in [0.5, 0.6) is 11.5 Å². The van der Waals surface area contributed by atoms with Gasteiger partial charge in [-0.2, -0.15) is 0 Å². The van der Waals surface area contributed by atoms with Crippen LogP contribution in [0, 0.1) is 0 Å². The Bertz CT molecular complexity index is 841. The van der Waals surface area contributed by atoms with Crippen LogP contribution in [0.25, 0.3) is 0 Å². The molecule has 0 aliphatic carbocycles. The molecule has 0 bridgehead atoms. The van der Waals surface area contributed by atoms with Crippen LogP contribution in [-0.4, -0.2) is 40.3 Å². The highest BCUT2D eigenvalue weighted by Gasteiger charge is 2.17. The standard InChI is InChI=1S/C17H14O8/c1-24-8-9-6-10(2-4-12(9)15(18)19)25-11-3-5-13(16(20)21)14(7-11)17(22)23/h2-7H,8H2,1H3,(H,18,19)(H,20,21)(H,22,23). The van der Waals surface area contributed by atoms with Crippen molar-refractivity contribution < 1.29 is 39.2 Å². The summed E-state index contributed by atoms with van der Waals surface area (Å²) in [5.41, 5.74) is -0.333. The van der Waals surface area contributed by atoms with Gasteiger partial charge >= 0.3 is 17.9 Å². The van der Waals surface area contributed by atoms with Gasteiger partial charge in [-0.15, -0.1) is 0 Å². The molecule has 0 unspecified atom stereocenters. The number of methoxy groups -OCH3 is 1. The first-order valence-electron chi connectivity index (χ1n) is 6.97. The summed E-state index contributed by atoms with van der Waals surface area (Å²) in [6.45, 7) is 0.0527. The molecule has 0 aliphatic rings. The SMILES string of the molecule is COCc1cc(Oc2ccc(C(=O)O)c(C(=O)O)c2)ccc1C(=O)O. The van der Waals surface area contributed by atoms with Gasteiger partial charge in [-0.1, -0.05) is 0 Å². The highest BCUT2D eigenvalue weighted by atomic mass is 16.5. The summed E-state index contributed by atoms with van der Waals surface area (Å²) in [5, 5.41) is 27.3. The second-order valence-electron chi connectivity index (χ2n) is 4.98. The summed E-state index contributed by atoms with van der Waals surface area (Å²) >= 11 is 0. The van der Waals surface area contributed by atoms with Gasteiger partial charge in [0.1, 0.15) is 11.5 Å². The fourth-order valence-corrected chi connectivity index (χ4v) is 2.20. The Morgan fingerprint density at radius 3 is 1.84 bits per heavy atom.